The number of aromatic hydroxyl groups is 1. The van der Waals surface area contributed by atoms with Gasteiger partial charge < -0.3 is 9.52 Å². The number of hydrogen-bond acceptors (Lipinski definition) is 4. The van der Waals surface area contributed by atoms with Gasteiger partial charge in [0.2, 0.25) is 0 Å². The van der Waals surface area contributed by atoms with E-state index in [9.17, 15) is 9.90 Å². The third-order valence-electron chi connectivity index (χ3n) is 5.12. The molecule has 0 saturated heterocycles. The van der Waals surface area contributed by atoms with E-state index in [0.29, 0.717) is 45.0 Å². The van der Waals surface area contributed by atoms with Gasteiger partial charge in [-0.3, -0.25) is 9.69 Å². The van der Waals surface area contributed by atoms with E-state index in [4.69, 9.17) is 16.0 Å². The van der Waals surface area contributed by atoms with E-state index in [1.807, 2.05) is 0 Å². The molecule has 3 rings (SSSR count). The molecule has 2 aromatic carbocycles. The maximum Gasteiger partial charge on any atom is 0.197 e. The molecule has 1 N–H and O–H groups in total. The zero-order valence-corrected chi connectivity index (χ0v) is 17.7. The van der Waals surface area contributed by atoms with Crippen LogP contribution < -0.4 is 0 Å². The van der Waals surface area contributed by atoms with E-state index in [2.05, 4.69) is 32.6 Å². The summed E-state index contributed by atoms with van der Waals surface area (Å²) in [5, 5.41) is 11.9. The molecule has 148 valence electrons. The van der Waals surface area contributed by atoms with Crippen LogP contribution in [0.25, 0.3) is 11.0 Å². The van der Waals surface area contributed by atoms with Crippen molar-refractivity contribution < 1.29 is 14.3 Å². The maximum atomic E-state index is 13.3. The van der Waals surface area contributed by atoms with Gasteiger partial charge in [-0.25, -0.2) is 0 Å². The molecule has 1 aromatic heterocycles. The lowest BCUT2D eigenvalue weighted by atomic mass is 9.96. The molecule has 0 spiro atoms. The summed E-state index contributed by atoms with van der Waals surface area (Å²) in [6, 6.07) is 10.7. The normalized spacial score (nSPS) is 11.9. The fourth-order valence-electron chi connectivity index (χ4n) is 3.69. The van der Waals surface area contributed by atoms with Gasteiger partial charge in [-0.2, -0.15) is 0 Å². The predicted octanol–water partition coefficient (Wildman–Crippen LogP) is 5.95. The monoisotopic (exact) mass is 399 g/mol. The number of hydrogen-bond donors (Lipinski definition) is 1. The minimum absolute atomic E-state index is 0.139. The topological polar surface area (TPSA) is 53.7 Å². The van der Waals surface area contributed by atoms with Gasteiger partial charge in [0.05, 0.1) is 5.56 Å². The van der Waals surface area contributed by atoms with Crippen LogP contribution in [-0.4, -0.2) is 27.9 Å². The molecule has 0 radical (unpaired) electrons. The number of nitrogens with zero attached hydrogens (tertiary/aromatic N) is 1. The first-order chi connectivity index (χ1) is 13.2. The van der Waals surface area contributed by atoms with E-state index in [1.165, 1.54) is 0 Å². The molecule has 0 unspecified atom stereocenters. The summed E-state index contributed by atoms with van der Waals surface area (Å²) in [5.41, 5.74) is 2.36. The smallest absolute Gasteiger partial charge is 0.197 e. The Morgan fingerprint density at radius 3 is 2.25 bits per heavy atom. The number of furan rings is 1. The van der Waals surface area contributed by atoms with Crippen molar-refractivity contribution in [1.29, 1.82) is 0 Å². The molecule has 0 amide bonds. The molecular weight excluding hydrogens is 374 g/mol. The summed E-state index contributed by atoms with van der Waals surface area (Å²) in [6.45, 7) is 10.8. The lowest BCUT2D eigenvalue weighted by Gasteiger charge is -2.31. The van der Waals surface area contributed by atoms with Gasteiger partial charge >= 0.3 is 0 Å². The van der Waals surface area contributed by atoms with E-state index >= 15 is 0 Å². The highest BCUT2D eigenvalue weighted by Gasteiger charge is 2.25. The molecule has 0 saturated carbocycles. The van der Waals surface area contributed by atoms with Gasteiger partial charge in [-0.1, -0.05) is 11.6 Å². The maximum absolute atomic E-state index is 13.3. The number of carbonyl (C=O) groups is 1. The number of fused-ring (bicyclic) bond motifs is 1. The first-order valence-corrected chi connectivity index (χ1v) is 9.88. The average Bonchev–Trinajstić information content (AvgIpc) is 2.96. The molecule has 0 aliphatic carbocycles. The highest BCUT2D eigenvalue weighted by atomic mass is 35.5. The quantitative estimate of drug-likeness (QED) is 0.520. The second-order valence-electron chi connectivity index (χ2n) is 7.67. The number of phenolic OH excluding ortho intramolecular Hbond substituents is 1. The molecular formula is C23H26ClNO3. The molecule has 5 heteroatoms. The van der Waals surface area contributed by atoms with Crippen LogP contribution in [-0.2, 0) is 6.54 Å². The Bertz CT molecular complexity index is 995. The highest BCUT2D eigenvalue weighted by molar-refractivity contribution is 6.30. The lowest BCUT2D eigenvalue weighted by molar-refractivity contribution is 0.103. The van der Waals surface area contributed by atoms with Crippen molar-refractivity contribution in [2.24, 2.45) is 0 Å². The first-order valence-electron chi connectivity index (χ1n) is 9.50. The lowest BCUT2D eigenvalue weighted by Crippen LogP contribution is -2.36. The van der Waals surface area contributed by atoms with Crippen molar-refractivity contribution in [2.45, 2.75) is 53.2 Å². The van der Waals surface area contributed by atoms with Crippen LogP contribution in [0, 0.1) is 6.92 Å². The first kappa shape index (κ1) is 20.4. The van der Waals surface area contributed by atoms with Gasteiger partial charge in [-0.15, -0.1) is 0 Å². The van der Waals surface area contributed by atoms with Gasteiger partial charge in [0.1, 0.15) is 17.1 Å². The SMILES string of the molecule is Cc1oc2ccc(O)c(CN(C(C)C)C(C)C)c2c1C(=O)c1ccc(Cl)cc1. The number of phenols is 1. The summed E-state index contributed by atoms with van der Waals surface area (Å²) in [5.74, 6) is 0.576. The van der Waals surface area contributed by atoms with Gasteiger partial charge in [-0.05, 0) is 71.0 Å². The Morgan fingerprint density at radius 2 is 1.68 bits per heavy atom. The van der Waals surface area contributed by atoms with E-state index < -0.39 is 0 Å². The average molecular weight is 400 g/mol. The zero-order chi connectivity index (χ0) is 20.6. The molecule has 1 heterocycles. The molecule has 0 aliphatic heterocycles. The van der Waals surface area contributed by atoms with E-state index in [0.717, 1.165) is 0 Å². The Morgan fingerprint density at radius 1 is 1.07 bits per heavy atom. The van der Waals surface area contributed by atoms with E-state index in [-0.39, 0.29) is 23.6 Å². The zero-order valence-electron chi connectivity index (χ0n) is 16.9. The Labute approximate surface area is 170 Å². The Balaban J connectivity index is 2.19. The summed E-state index contributed by atoms with van der Waals surface area (Å²) in [7, 11) is 0. The largest absolute Gasteiger partial charge is 0.508 e. The van der Waals surface area contributed by atoms with E-state index in [1.54, 1.807) is 43.3 Å². The summed E-state index contributed by atoms with van der Waals surface area (Å²) < 4.78 is 5.89. The van der Waals surface area contributed by atoms with Crippen LogP contribution in [0.5, 0.6) is 5.75 Å². The van der Waals surface area contributed by atoms with Crippen molar-refractivity contribution in [1.82, 2.24) is 4.90 Å². The number of carbonyl (C=O) groups excluding carboxylic acids is 1. The van der Waals surface area contributed by atoms with Crippen LogP contribution in [0.3, 0.4) is 0 Å². The standard InChI is InChI=1S/C23H26ClNO3/c1-13(2)25(14(3)4)12-18-19(26)10-11-20-22(18)21(15(5)28-20)23(27)16-6-8-17(24)9-7-16/h6-11,13-14,26H,12H2,1-5H3. The van der Waals surface area contributed by atoms with Gasteiger partial charge in [0, 0.05) is 40.2 Å². The fraction of sp³-hybridized carbons (Fsp3) is 0.348. The third kappa shape index (κ3) is 3.80. The van der Waals surface area contributed by atoms with Crippen LogP contribution >= 0.6 is 11.6 Å². The van der Waals surface area contributed by atoms with Gasteiger partial charge in [0.15, 0.2) is 5.78 Å². The predicted molar refractivity (Wildman–Crippen MR) is 113 cm³/mol. The molecule has 0 atom stereocenters. The Hall–Kier alpha value is -2.30. The van der Waals surface area contributed by atoms with Crippen molar-refractivity contribution in [3.05, 3.63) is 63.9 Å². The summed E-state index contributed by atoms with van der Waals surface area (Å²) >= 11 is 5.96. The summed E-state index contributed by atoms with van der Waals surface area (Å²) in [6.07, 6.45) is 0. The number of benzene rings is 2. The minimum atomic E-state index is -0.139. The van der Waals surface area contributed by atoms with Crippen LogP contribution in [0.2, 0.25) is 5.02 Å². The molecule has 0 fully saturated rings. The number of halogens is 1. The van der Waals surface area contributed by atoms with Gasteiger partial charge in [0.25, 0.3) is 0 Å². The van der Waals surface area contributed by atoms with Crippen LogP contribution in [0.4, 0.5) is 0 Å². The minimum Gasteiger partial charge on any atom is -0.508 e. The van der Waals surface area contributed by atoms with Crippen molar-refractivity contribution >= 4 is 28.4 Å². The number of aryl methyl sites for hydroxylation is 1. The molecule has 0 aliphatic rings. The second-order valence-corrected chi connectivity index (χ2v) is 8.10. The fourth-order valence-corrected chi connectivity index (χ4v) is 3.82. The van der Waals surface area contributed by atoms with Crippen molar-refractivity contribution in [2.75, 3.05) is 0 Å². The molecule has 0 bridgehead atoms. The highest BCUT2D eigenvalue weighted by Crippen LogP contribution is 2.36. The Kier molecular flexibility index (Phi) is 5.82. The number of rotatable bonds is 6. The molecule has 28 heavy (non-hydrogen) atoms. The van der Waals surface area contributed by atoms with Crippen molar-refractivity contribution in [3.8, 4) is 5.75 Å². The molecule has 3 aromatic rings. The molecule has 4 nitrogen and oxygen atoms in total. The summed E-state index contributed by atoms with van der Waals surface area (Å²) in [4.78, 5) is 15.5. The van der Waals surface area contributed by atoms with Crippen LogP contribution in [0.1, 0.15) is 54.9 Å². The van der Waals surface area contributed by atoms with Crippen molar-refractivity contribution in [3.63, 3.8) is 0 Å². The second kappa shape index (κ2) is 7.98. The van der Waals surface area contributed by atoms with Crippen LogP contribution in [0.15, 0.2) is 40.8 Å². The third-order valence-corrected chi connectivity index (χ3v) is 5.37. The number of ketones is 1.